The Bertz CT molecular complexity index is 3020. The van der Waals surface area contributed by atoms with Crippen LogP contribution in [0.5, 0.6) is 0 Å². The highest BCUT2D eigenvalue weighted by Crippen LogP contribution is 2.44. The van der Waals surface area contributed by atoms with E-state index >= 15 is 0 Å². The van der Waals surface area contributed by atoms with Crippen LogP contribution in [0.25, 0.3) is 110 Å². The number of hydrogen-bond acceptors (Lipinski definition) is 5. The second-order valence-electron chi connectivity index (χ2n) is 12.5. The number of nitrogens with zero attached hydrogens (tertiary/aromatic N) is 2. The Morgan fingerprint density at radius 3 is 2.22 bits per heavy atom. The molecule has 0 aliphatic rings. The van der Waals surface area contributed by atoms with E-state index in [1.54, 1.807) is 11.3 Å². The first-order chi connectivity index (χ1) is 24.7. The average Bonchev–Trinajstić information content (AvgIpc) is 3.85. The van der Waals surface area contributed by atoms with Crippen LogP contribution in [0.15, 0.2) is 143 Å². The maximum Gasteiger partial charge on any atom is 0.161 e. The summed E-state index contributed by atoms with van der Waals surface area (Å²) in [6, 6.07) is 42.1. The molecule has 4 aromatic heterocycles. The predicted octanol–water partition coefficient (Wildman–Crippen LogP) is 13.3. The molecule has 0 saturated carbocycles. The lowest BCUT2D eigenvalue weighted by Gasteiger charge is -2.12. The number of allylic oxidation sites excluding steroid dienone is 1. The van der Waals surface area contributed by atoms with Gasteiger partial charge in [-0.25, -0.2) is 9.97 Å². The minimum atomic E-state index is 0.646. The van der Waals surface area contributed by atoms with Crippen molar-refractivity contribution in [2.75, 3.05) is 0 Å². The van der Waals surface area contributed by atoms with E-state index in [1.165, 1.54) is 4.70 Å². The molecule has 0 saturated heterocycles. The number of aromatic nitrogens is 2. The van der Waals surface area contributed by atoms with Gasteiger partial charge in [-0.15, -0.1) is 11.3 Å². The van der Waals surface area contributed by atoms with Gasteiger partial charge in [0.15, 0.2) is 5.82 Å². The monoisotopic (exact) mass is 660 g/mol. The number of hydrogen-bond donors (Lipinski definition) is 0. The zero-order valence-electron chi connectivity index (χ0n) is 27.1. The molecule has 0 amide bonds. The van der Waals surface area contributed by atoms with Crippen LogP contribution in [0.1, 0.15) is 18.1 Å². The Hall–Kier alpha value is -6.30. The molecule has 6 aromatic carbocycles. The molecule has 0 N–H and O–H groups in total. The summed E-state index contributed by atoms with van der Waals surface area (Å²) in [5.74, 6) is 0.646. The summed E-state index contributed by atoms with van der Waals surface area (Å²) in [5, 5.41) is 5.34. The van der Waals surface area contributed by atoms with Crippen molar-refractivity contribution in [1.29, 1.82) is 0 Å². The lowest BCUT2D eigenvalue weighted by molar-refractivity contribution is 0.668. The van der Waals surface area contributed by atoms with Crippen molar-refractivity contribution in [1.82, 2.24) is 9.97 Å². The fourth-order valence-corrected chi connectivity index (χ4v) is 8.43. The minimum absolute atomic E-state index is 0.646. The van der Waals surface area contributed by atoms with Crippen LogP contribution in [-0.4, -0.2) is 9.97 Å². The van der Waals surface area contributed by atoms with Crippen molar-refractivity contribution in [2.24, 2.45) is 0 Å². The fourth-order valence-electron chi connectivity index (χ4n) is 7.27. The van der Waals surface area contributed by atoms with Gasteiger partial charge in [-0.3, -0.25) is 0 Å². The second kappa shape index (κ2) is 11.1. The molecular formula is C45H28N2O2S. The third kappa shape index (κ3) is 4.30. The highest BCUT2D eigenvalue weighted by molar-refractivity contribution is 7.26. The Morgan fingerprint density at radius 1 is 0.600 bits per heavy atom. The lowest BCUT2D eigenvalue weighted by Crippen LogP contribution is -1.97. The number of benzene rings is 6. The van der Waals surface area contributed by atoms with E-state index < -0.39 is 0 Å². The van der Waals surface area contributed by atoms with Crippen LogP contribution >= 0.6 is 11.3 Å². The van der Waals surface area contributed by atoms with E-state index in [0.29, 0.717) is 5.82 Å². The van der Waals surface area contributed by atoms with Gasteiger partial charge in [-0.2, -0.15) is 0 Å². The smallest absolute Gasteiger partial charge is 0.161 e. The summed E-state index contributed by atoms with van der Waals surface area (Å²) in [4.78, 5) is 10.8. The molecule has 0 bridgehead atoms. The van der Waals surface area contributed by atoms with Crippen molar-refractivity contribution >= 4 is 87.7 Å². The van der Waals surface area contributed by atoms with Crippen LogP contribution in [0.4, 0.5) is 0 Å². The van der Waals surface area contributed by atoms with Crippen molar-refractivity contribution in [3.63, 3.8) is 0 Å². The summed E-state index contributed by atoms with van der Waals surface area (Å²) in [6.07, 6.45) is 6.03. The molecule has 0 unspecified atom stereocenters. The van der Waals surface area contributed by atoms with Gasteiger partial charge in [0.25, 0.3) is 0 Å². The van der Waals surface area contributed by atoms with E-state index in [-0.39, 0.29) is 0 Å². The van der Waals surface area contributed by atoms with Crippen molar-refractivity contribution in [2.45, 2.75) is 6.92 Å². The van der Waals surface area contributed by atoms with Gasteiger partial charge in [0.05, 0.1) is 15.9 Å². The normalized spacial score (nSPS) is 12.1. The minimum Gasteiger partial charge on any atom is -0.456 e. The van der Waals surface area contributed by atoms with E-state index in [2.05, 4.69) is 110 Å². The van der Waals surface area contributed by atoms with Gasteiger partial charge in [0.1, 0.15) is 22.3 Å². The number of fused-ring (bicyclic) bond motifs is 9. The summed E-state index contributed by atoms with van der Waals surface area (Å²) in [6.45, 7) is 6.27. The Morgan fingerprint density at radius 2 is 1.36 bits per heavy atom. The first-order valence-corrected chi connectivity index (χ1v) is 17.5. The number of thiophene rings is 1. The standard InChI is InChI=1S/C45H28N2O2S/c1-3-12-30-29(4-2)43-35(34-23-27(20-22-38(34)49-43)26-13-6-5-7-14-26)25-36(30)45-46-41(44-42(47-45)33-16-9-11-18-40(33)50-44)28-19-21-32-31-15-8-10-17-37(31)48-39(32)24-28/h3-25H,2H2,1H3/b12-3-. The van der Waals surface area contributed by atoms with Crippen molar-refractivity contribution in [3.8, 4) is 33.8 Å². The molecule has 10 aromatic rings. The molecule has 5 heteroatoms. The second-order valence-corrected chi connectivity index (χ2v) is 13.5. The van der Waals surface area contributed by atoms with Crippen LogP contribution < -0.4 is 0 Å². The molecular weight excluding hydrogens is 633 g/mol. The maximum atomic E-state index is 6.56. The topological polar surface area (TPSA) is 52.1 Å². The van der Waals surface area contributed by atoms with Crippen LogP contribution in [0, 0.1) is 0 Å². The molecule has 0 aliphatic heterocycles. The van der Waals surface area contributed by atoms with Crippen LogP contribution in [0.3, 0.4) is 0 Å². The summed E-state index contributed by atoms with van der Waals surface area (Å²) in [5.41, 5.74) is 11.2. The molecule has 0 atom stereocenters. The van der Waals surface area contributed by atoms with Crippen LogP contribution in [0.2, 0.25) is 0 Å². The Labute approximate surface area is 291 Å². The fraction of sp³-hybridized carbons (Fsp3) is 0.0222. The summed E-state index contributed by atoms with van der Waals surface area (Å²) in [7, 11) is 0. The summed E-state index contributed by atoms with van der Waals surface area (Å²) < 4.78 is 15.1. The Balaban J connectivity index is 1.28. The molecule has 4 nitrogen and oxygen atoms in total. The van der Waals surface area contributed by atoms with Crippen molar-refractivity contribution in [3.05, 3.63) is 145 Å². The average molecular weight is 661 g/mol. The Kier molecular flexibility index (Phi) is 6.38. The molecule has 0 radical (unpaired) electrons. The van der Waals surface area contributed by atoms with E-state index in [1.807, 2.05) is 43.3 Å². The van der Waals surface area contributed by atoms with Gasteiger partial charge in [-0.05, 0) is 66.1 Å². The first kappa shape index (κ1) is 28.7. The number of para-hydroxylation sites is 1. The van der Waals surface area contributed by atoms with Gasteiger partial charge in [0.2, 0.25) is 0 Å². The largest absolute Gasteiger partial charge is 0.456 e. The van der Waals surface area contributed by atoms with E-state index in [4.69, 9.17) is 18.8 Å². The zero-order chi connectivity index (χ0) is 33.3. The lowest BCUT2D eigenvalue weighted by atomic mass is 9.95. The molecule has 0 fully saturated rings. The third-order valence-corrected chi connectivity index (χ3v) is 10.8. The first-order valence-electron chi connectivity index (χ1n) is 16.6. The number of rotatable bonds is 5. The molecule has 0 spiro atoms. The molecule has 50 heavy (non-hydrogen) atoms. The van der Waals surface area contributed by atoms with Gasteiger partial charge in [-0.1, -0.05) is 104 Å². The maximum absolute atomic E-state index is 6.56. The quantitative estimate of drug-likeness (QED) is 0.184. The zero-order valence-corrected chi connectivity index (χ0v) is 27.9. The van der Waals surface area contributed by atoms with Gasteiger partial charge in [0, 0.05) is 48.3 Å². The van der Waals surface area contributed by atoms with Gasteiger partial charge >= 0.3 is 0 Å². The molecule has 0 aliphatic carbocycles. The molecule has 236 valence electrons. The third-order valence-electron chi connectivity index (χ3n) is 9.60. The highest BCUT2D eigenvalue weighted by atomic mass is 32.1. The number of furan rings is 2. The van der Waals surface area contributed by atoms with Crippen LogP contribution in [-0.2, 0) is 0 Å². The molecule has 10 rings (SSSR count). The highest BCUT2D eigenvalue weighted by Gasteiger charge is 2.22. The van der Waals surface area contributed by atoms with E-state index in [0.717, 1.165) is 98.6 Å². The predicted molar refractivity (Wildman–Crippen MR) is 211 cm³/mol. The molecule has 4 heterocycles. The van der Waals surface area contributed by atoms with Gasteiger partial charge < -0.3 is 8.83 Å². The summed E-state index contributed by atoms with van der Waals surface area (Å²) >= 11 is 1.72. The SMILES string of the molecule is C=Cc1c(/C=C\C)c(-c2nc(-c3ccc4c(c3)oc3ccccc34)c3sc4ccccc4c3n2)cc2c1oc1ccc(-c3ccccc3)cc12. The van der Waals surface area contributed by atoms with Crippen molar-refractivity contribution < 1.29 is 8.83 Å². The van der Waals surface area contributed by atoms with E-state index in [9.17, 15) is 0 Å².